The number of aryl methyl sites for hydroxylation is 1. The number of nitrogens with zero attached hydrogens (tertiary/aromatic N) is 4. The van der Waals surface area contributed by atoms with Crippen molar-refractivity contribution in [3.8, 4) is 84.1 Å². The van der Waals surface area contributed by atoms with Gasteiger partial charge in [0, 0.05) is 50.9 Å². The van der Waals surface area contributed by atoms with Gasteiger partial charge in [0.1, 0.15) is 17.3 Å². The molecule has 13 aromatic rings. The summed E-state index contributed by atoms with van der Waals surface area (Å²) >= 11 is 0. The molecule has 0 atom stereocenters. The molecule has 5 nitrogen and oxygen atoms in total. The van der Waals surface area contributed by atoms with E-state index in [1.54, 1.807) is 12.3 Å². The van der Waals surface area contributed by atoms with Gasteiger partial charge in [0.05, 0.1) is 28.2 Å². The molecular weight excluding hydrogens is 1040 g/mol. The van der Waals surface area contributed by atoms with Crippen LogP contribution in [-0.2, 0) is 10.8 Å². The Bertz CT molecular complexity index is 4940. The van der Waals surface area contributed by atoms with Crippen LogP contribution >= 0.6 is 0 Å². The number of para-hydroxylation sites is 3. The smallest absolute Gasteiger partial charge is 0.457 e. The van der Waals surface area contributed by atoms with Gasteiger partial charge in [-0.1, -0.05) is 204 Å². The largest absolute Gasteiger partial charge is 0.503 e. The van der Waals surface area contributed by atoms with Crippen LogP contribution in [0.1, 0.15) is 61.3 Å². The molecule has 0 saturated heterocycles. The Balaban J connectivity index is 0.867. The number of aromatic nitrogens is 2. The van der Waals surface area contributed by atoms with Crippen molar-refractivity contribution in [3.63, 3.8) is 0 Å². The molecule has 0 bridgehead atoms. The average molecular weight is 1110 g/mol. The van der Waals surface area contributed by atoms with Gasteiger partial charge in [-0.15, -0.1) is 0 Å². The van der Waals surface area contributed by atoms with Gasteiger partial charge in [-0.3, -0.25) is 4.57 Å². The summed E-state index contributed by atoms with van der Waals surface area (Å²) in [7, 11) is 0. The first-order valence-corrected chi connectivity index (χ1v) is 29.7. The van der Waals surface area contributed by atoms with Crippen molar-refractivity contribution < 1.29 is 8.85 Å². The minimum absolute atomic E-state index is 0.0200. The topological polar surface area (TPSA) is 33.1 Å². The summed E-state index contributed by atoms with van der Waals surface area (Å²) < 4.78 is 40.6. The second kappa shape index (κ2) is 21.0. The van der Waals surface area contributed by atoms with E-state index in [-0.39, 0.29) is 16.4 Å². The first kappa shape index (κ1) is 49.0. The molecule has 1 aliphatic heterocycles. The third kappa shape index (κ3) is 9.25. The van der Waals surface area contributed by atoms with Crippen molar-refractivity contribution in [3.05, 3.63) is 290 Å². The van der Waals surface area contributed by atoms with E-state index in [1.807, 2.05) is 24.3 Å². The number of hydrogen-bond donors (Lipinski definition) is 0. The van der Waals surface area contributed by atoms with E-state index in [9.17, 15) is 0 Å². The second-order valence-corrected chi connectivity index (χ2v) is 24.2. The molecule has 86 heavy (non-hydrogen) atoms. The van der Waals surface area contributed by atoms with E-state index < -0.39 is 6.85 Å². The van der Waals surface area contributed by atoms with Crippen molar-refractivity contribution in [2.75, 3.05) is 0 Å². The van der Waals surface area contributed by atoms with Gasteiger partial charge in [-0.2, -0.15) is 0 Å². The Kier molecular flexibility index (Phi) is 12.0. The lowest BCUT2D eigenvalue weighted by Crippen LogP contribution is -2.33. The van der Waals surface area contributed by atoms with Crippen LogP contribution in [0.15, 0.2) is 273 Å². The SMILES string of the molecule is [2H]C([2H])([2H])c1cc(-n2c3cc(Oc4cccc([N+]5=C=[N+](c6c(-c7ccccc7)cccc6-c6cc(-c7ccccc7)cc(-c7ccccc7)c6)c6ccccc65)c4)ccc3c3c(-c4ccccc4)cccc32)ncc1-c1ccc2c(c1)C(C)(C)CCC2(C)C. The van der Waals surface area contributed by atoms with Crippen molar-refractivity contribution in [1.82, 2.24) is 18.7 Å². The van der Waals surface area contributed by atoms with Crippen LogP contribution in [0.5, 0.6) is 11.5 Å². The fourth-order valence-corrected chi connectivity index (χ4v) is 13.3. The highest BCUT2D eigenvalue weighted by Crippen LogP contribution is 2.49. The zero-order valence-electron chi connectivity index (χ0n) is 51.6. The predicted molar refractivity (Wildman–Crippen MR) is 359 cm³/mol. The fourth-order valence-electron chi connectivity index (χ4n) is 13.3. The predicted octanol–water partition coefficient (Wildman–Crippen LogP) is 21.5. The maximum Gasteiger partial charge on any atom is 0.503 e. The van der Waals surface area contributed by atoms with E-state index in [1.165, 1.54) is 11.1 Å². The number of fused-ring (bicyclic) bond motifs is 5. The highest BCUT2D eigenvalue weighted by molar-refractivity contribution is 6.16. The zero-order valence-corrected chi connectivity index (χ0v) is 48.6. The van der Waals surface area contributed by atoms with Gasteiger partial charge in [0.25, 0.3) is 11.4 Å². The summed E-state index contributed by atoms with van der Waals surface area (Å²) in [5, 5.41) is 2.02. The van der Waals surface area contributed by atoms with Gasteiger partial charge in [0.15, 0.2) is 0 Å². The Morgan fingerprint density at radius 1 is 0.430 bits per heavy atom. The summed E-state index contributed by atoms with van der Waals surface area (Å²) in [6, 6.07) is 97.1. The number of pyridine rings is 1. The number of rotatable bonds is 11. The summed E-state index contributed by atoms with van der Waals surface area (Å²) in [6.07, 6.45) is 3.91. The third-order valence-electron chi connectivity index (χ3n) is 17.8. The first-order chi connectivity index (χ1) is 43.2. The van der Waals surface area contributed by atoms with E-state index >= 15 is 0 Å². The van der Waals surface area contributed by atoms with E-state index in [0.717, 1.165) is 119 Å². The minimum atomic E-state index is -2.44. The van der Waals surface area contributed by atoms with Gasteiger partial charge >= 0.3 is 6.01 Å². The molecule has 0 amide bonds. The first-order valence-electron chi connectivity index (χ1n) is 31.2. The Labute approximate surface area is 507 Å². The summed E-state index contributed by atoms with van der Waals surface area (Å²) in [5.41, 5.74) is 20.8. The van der Waals surface area contributed by atoms with Crippen LogP contribution in [0.4, 0.5) is 22.7 Å². The molecular formula is C81H64N4O+2. The maximum atomic E-state index is 9.04. The van der Waals surface area contributed by atoms with Crippen molar-refractivity contribution >= 4 is 50.6 Å². The molecule has 0 spiro atoms. The quantitative estimate of drug-likeness (QED) is 0.121. The third-order valence-corrected chi connectivity index (χ3v) is 17.8. The molecule has 0 N–H and O–H groups in total. The van der Waals surface area contributed by atoms with E-state index in [2.05, 4.69) is 284 Å². The highest BCUT2D eigenvalue weighted by Gasteiger charge is 2.40. The van der Waals surface area contributed by atoms with E-state index in [0.29, 0.717) is 22.9 Å². The minimum Gasteiger partial charge on any atom is -0.457 e. The molecule has 11 aromatic carbocycles. The van der Waals surface area contributed by atoms with E-state index in [4.69, 9.17) is 13.8 Å². The van der Waals surface area contributed by atoms with Crippen LogP contribution in [0.2, 0.25) is 0 Å². The Hall–Kier alpha value is -10.5. The van der Waals surface area contributed by atoms with Gasteiger partial charge in [-0.05, 0) is 167 Å². The average Bonchev–Trinajstić information content (AvgIpc) is 1.70. The van der Waals surface area contributed by atoms with Crippen LogP contribution in [-0.4, -0.2) is 15.6 Å². The number of hydrogen-bond acceptors (Lipinski definition) is 2. The Morgan fingerprint density at radius 2 is 0.988 bits per heavy atom. The lowest BCUT2D eigenvalue weighted by atomic mass is 9.63. The molecule has 0 saturated carbocycles. The lowest BCUT2D eigenvalue weighted by molar-refractivity contribution is 0.332. The molecule has 412 valence electrons. The van der Waals surface area contributed by atoms with Crippen molar-refractivity contribution in [2.45, 2.75) is 58.2 Å². The lowest BCUT2D eigenvalue weighted by Gasteiger charge is -2.42. The molecule has 0 radical (unpaired) electrons. The molecule has 5 heteroatoms. The molecule has 15 rings (SSSR count). The number of benzene rings is 11. The number of ether oxygens (including phenoxy) is 1. The van der Waals surface area contributed by atoms with Crippen LogP contribution in [0.3, 0.4) is 0 Å². The highest BCUT2D eigenvalue weighted by atomic mass is 16.5. The van der Waals surface area contributed by atoms with Crippen LogP contribution in [0.25, 0.3) is 94.4 Å². The standard InChI is InChI=1S/C81H64N4O/c1-54-45-77(82-52-70(54)59-39-42-71-72(49-59)81(4,5)44-43-80(71,2)3)85-75-38-22-33-66(57-27-14-8-15-28-57)78(75)69-41-40-65(51-76(69)85)86-64-32-20-31-63(50-64)83-53-84(74-37-19-18-36-73(74)83)79-67(58-29-16-9-17-30-58)34-21-35-68(79)62-47-60(55-23-10-6-11-24-55)46-61(48-62)56-25-12-7-13-26-56/h6-42,45-52H,43-44H2,1-5H3/q+2/i1D3. The molecule has 2 aromatic heterocycles. The van der Waals surface area contributed by atoms with Gasteiger partial charge < -0.3 is 4.74 Å². The summed E-state index contributed by atoms with van der Waals surface area (Å²) in [4.78, 5) is 5.20. The van der Waals surface area contributed by atoms with Gasteiger partial charge in [-0.25, -0.2) is 4.98 Å². The molecule has 3 heterocycles. The summed E-state index contributed by atoms with van der Waals surface area (Å²) in [5.74, 6) is 1.75. The fraction of sp³-hybridized carbons (Fsp3) is 0.111. The normalized spacial score (nSPS) is 14.6. The molecule has 1 aliphatic carbocycles. The van der Waals surface area contributed by atoms with Crippen molar-refractivity contribution in [2.24, 2.45) is 0 Å². The molecule has 0 unspecified atom stereocenters. The molecule has 0 fully saturated rings. The van der Waals surface area contributed by atoms with Crippen LogP contribution < -0.4 is 13.9 Å². The monoisotopic (exact) mass is 1110 g/mol. The Morgan fingerprint density at radius 3 is 1.66 bits per heavy atom. The van der Waals surface area contributed by atoms with Crippen LogP contribution in [0, 0.1) is 6.85 Å². The zero-order chi connectivity index (χ0) is 60.6. The maximum absolute atomic E-state index is 9.04. The second-order valence-electron chi connectivity index (χ2n) is 24.2. The van der Waals surface area contributed by atoms with Crippen molar-refractivity contribution in [1.29, 1.82) is 0 Å². The summed E-state index contributed by atoms with van der Waals surface area (Å²) in [6.45, 7) is 6.77. The molecule has 2 aliphatic rings. The van der Waals surface area contributed by atoms with Gasteiger partial charge in [0.2, 0.25) is 11.4 Å².